The SMILES string of the molecule is CCN(Cc1ccccc1)[C@H](c1cc2cc(OC)c(OC)cc2[nH]c1=O)c1nnnn1C(C)(C)CC. The van der Waals surface area contributed by atoms with Gasteiger partial charge in [0.15, 0.2) is 17.3 Å². The number of hydrogen-bond acceptors (Lipinski definition) is 7. The van der Waals surface area contributed by atoms with Gasteiger partial charge < -0.3 is 14.5 Å². The maximum absolute atomic E-state index is 13.6. The first-order valence-electron chi connectivity index (χ1n) is 12.2. The first-order valence-corrected chi connectivity index (χ1v) is 12.2. The fraction of sp³-hybridized carbons (Fsp3) is 0.407. The number of fused-ring (bicyclic) bond motifs is 1. The molecular formula is C27H34N6O3. The summed E-state index contributed by atoms with van der Waals surface area (Å²) in [4.78, 5) is 18.9. The molecule has 36 heavy (non-hydrogen) atoms. The smallest absolute Gasteiger partial charge is 0.253 e. The van der Waals surface area contributed by atoms with Gasteiger partial charge in [0.1, 0.15) is 6.04 Å². The molecule has 0 unspecified atom stereocenters. The molecule has 4 rings (SSSR count). The summed E-state index contributed by atoms with van der Waals surface area (Å²) in [5, 5.41) is 13.7. The minimum atomic E-state index is -0.475. The molecule has 9 nitrogen and oxygen atoms in total. The fourth-order valence-corrected chi connectivity index (χ4v) is 4.40. The van der Waals surface area contributed by atoms with Gasteiger partial charge in [0.05, 0.1) is 25.3 Å². The Morgan fingerprint density at radius 3 is 2.39 bits per heavy atom. The zero-order valence-corrected chi connectivity index (χ0v) is 21.8. The van der Waals surface area contributed by atoms with Crippen molar-refractivity contribution in [3.8, 4) is 11.5 Å². The largest absolute Gasteiger partial charge is 0.493 e. The van der Waals surface area contributed by atoms with Crippen LogP contribution < -0.4 is 15.0 Å². The van der Waals surface area contributed by atoms with Gasteiger partial charge in [0.25, 0.3) is 5.56 Å². The zero-order valence-electron chi connectivity index (χ0n) is 21.8. The summed E-state index contributed by atoms with van der Waals surface area (Å²) in [7, 11) is 3.17. The number of aromatic nitrogens is 5. The summed E-state index contributed by atoms with van der Waals surface area (Å²) in [6, 6.07) is 15.3. The number of H-pyrrole nitrogens is 1. The number of rotatable bonds is 10. The van der Waals surface area contributed by atoms with Crippen LogP contribution in [0.25, 0.3) is 10.9 Å². The molecule has 0 bridgehead atoms. The van der Waals surface area contributed by atoms with Crippen molar-refractivity contribution in [2.75, 3.05) is 20.8 Å². The highest BCUT2D eigenvalue weighted by Gasteiger charge is 2.34. The van der Waals surface area contributed by atoms with Crippen molar-refractivity contribution >= 4 is 10.9 Å². The van der Waals surface area contributed by atoms with Crippen LogP contribution in [0.2, 0.25) is 0 Å². The van der Waals surface area contributed by atoms with Crippen molar-refractivity contribution in [1.82, 2.24) is 30.1 Å². The van der Waals surface area contributed by atoms with Crippen molar-refractivity contribution in [3.63, 3.8) is 0 Å². The Morgan fingerprint density at radius 1 is 1.06 bits per heavy atom. The molecule has 0 aliphatic heterocycles. The van der Waals surface area contributed by atoms with Crippen LogP contribution in [0.1, 0.15) is 57.1 Å². The molecule has 0 saturated carbocycles. The van der Waals surface area contributed by atoms with E-state index in [1.54, 1.807) is 20.3 Å². The zero-order chi connectivity index (χ0) is 25.9. The highest BCUT2D eigenvalue weighted by Crippen LogP contribution is 2.34. The lowest BCUT2D eigenvalue weighted by molar-refractivity contribution is 0.197. The third-order valence-electron chi connectivity index (χ3n) is 6.85. The monoisotopic (exact) mass is 490 g/mol. The van der Waals surface area contributed by atoms with Crippen molar-refractivity contribution < 1.29 is 9.47 Å². The van der Waals surface area contributed by atoms with E-state index in [2.05, 4.69) is 65.2 Å². The van der Waals surface area contributed by atoms with Gasteiger partial charge in [0.2, 0.25) is 0 Å². The van der Waals surface area contributed by atoms with E-state index in [4.69, 9.17) is 9.47 Å². The van der Waals surface area contributed by atoms with Crippen molar-refractivity contribution in [1.29, 1.82) is 0 Å². The summed E-state index contributed by atoms with van der Waals surface area (Å²) in [5.41, 5.74) is 1.84. The summed E-state index contributed by atoms with van der Waals surface area (Å²) < 4.78 is 12.8. The van der Waals surface area contributed by atoms with E-state index in [0.29, 0.717) is 41.5 Å². The lowest BCUT2D eigenvalue weighted by atomic mass is 9.98. The Morgan fingerprint density at radius 2 is 1.75 bits per heavy atom. The molecule has 4 aromatic rings. The molecular weight excluding hydrogens is 456 g/mol. The van der Waals surface area contributed by atoms with Gasteiger partial charge in [-0.25, -0.2) is 4.68 Å². The van der Waals surface area contributed by atoms with E-state index in [-0.39, 0.29) is 11.1 Å². The molecule has 0 amide bonds. The van der Waals surface area contributed by atoms with E-state index in [9.17, 15) is 4.79 Å². The second-order valence-electron chi connectivity index (χ2n) is 9.41. The number of methoxy groups -OCH3 is 2. The van der Waals surface area contributed by atoms with Crippen LogP contribution in [0.5, 0.6) is 11.5 Å². The Kier molecular flexibility index (Phi) is 7.40. The quantitative estimate of drug-likeness (QED) is 0.354. The van der Waals surface area contributed by atoms with Gasteiger partial charge in [-0.3, -0.25) is 9.69 Å². The molecule has 190 valence electrons. The van der Waals surface area contributed by atoms with Gasteiger partial charge >= 0.3 is 0 Å². The predicted octanol–water partition coefficient (Wildman–Crippen LogP) is 4.29. The van der Waals surface area contributed by atoms with E-state index < -0.39 is 6.04 Å². The molecule has 0 radical (unpaired) electrons. The summed E-state index contributed by atoms with van der Waals surface area (Å²) in [6.45, 7) is 9.69. The van der Waals surface area contributed by atoms with Gasteiger partial charge in [-0.2, -0.15) is 0 Å². The fourth-order valence-electron chi connectivity index (χ4n) is 4.40. The second-order valence-corrected chi connectivity index (χ2v) is 9.41. The van der Waals surface area contributed by atoms with Gasteiger partial charge in [0, 0.05) is 23.6 Å². The van der Waals surface area contributed by atoms with Crippen molar-refractivity contribution in [2.45, 2.75) is 52.2 Å². The molecule has 2 aromatic heterocycles. The number of tetrazole rings is 1. The standard InChI is InChI=1S/C27H34N6O3/c1-7-27(3,4)33-25(29-30-31-33)24(32(8-2)17-18-12-10-9-11-13-18)20-14-19-15-22(35-5)23(36-6)16-21(19)28-26(20)34/h9-16,24H,7-8,17H2,1-6H3,(H,28,34)/t24-/m1/s1. The van der Waals surface area contributed by atoms with Crippen LogP contribution in [0, 0.1) is 0 Å². The number of ether oxygens (including phenoxy) is 2. The summed E-state index contributed by atoms with van der Waals surface area (Å²) >= 11 is 0. The molecule has 9 heteroatoms. The van der Waals surface area contributed by atoms with Gasteiger partial charge in [-0.15, -0.1) is 5.10 Å². The number of pyridine rings is 1. The van der Waals surface area contributed by atoms with Crippen LogP contribution in [0.15, 0.2) is 53.3 Å². The van der Waals surface area contributed by atoms with E-state index in [1.807, 2.05) is 35.0 Å². The average Bonchev–Trinajstić information content (AvgIpc) is 3.39. The molecule has 0 fully saturated rings. The first-order chi connectivity index (χ1) is 17.3. The normalized spacial score (nSPS) is 12.8. The maximum Gasteiger partial charge on any atom is 0.253 e. The highest BCUT2D eigenvalue weighted by molar-refractivity contribution is 5.83. The second kappa shape index (κ2) is 10.5. The van der Waals surface area contributed by atoms with Crippen LogP contribution in [-0.4, -0.2) is 50.9 Å². The van der Waals surface area contributed by atoms with Crippen molar-refractivity contribution in [3.05, 3.63) is 75.8 Å². The molecule has 2 heterocycles. The number of benzene rings is 2. The molecule has 1 atom stereocenters. The number of hydrogen-bond donors (Lipinski definition) is 1. The van der Waals surface area contributed by atoms with E-state index in [0.717, 1.165) is 17.4 Å². The summed E-state index contributed by atoms with van der Waals surface area (Å²) in [6.07, 6.45) is 0.827. The van der Waals surface area contributed by atoms with Crippen LogP contribution in [0.4, 0.5) is 0 Å². The van der Waals surface area contributed by atoms with Crippen LogP contribution in [-0.2, 0) is 12.1 Å². The third kappa shape index (κ3) is 4.83. The van der Waals surface area contributed by atoms with Crippen LogP contribution >= 0.6 is 0 Å². The Bertz CT molecular complexity index is 1380. The molecule has 0 aliphatic carbocycles. The maximum atomic E-state index is 13.6. The molecule has 0 spiro atoms. The van der Waals surface area contributed by atoms with Crippen molar-refractivity contribution in [2.24, 2.45) is 0 Å². The topological polar surface area (TPSA) is 98.2 Å². The lowest BCUT2D eigenvalue weighted by Gasteiger charge is -2.33. The third-order valence-corrected chi connectivity index (χ3v) is 6.85. The highest BCUT2D eigenvalue weighted by atomic mass is 16.5. The van der Waals surface area contributed by atoms with Gasteiger partial charge in [-0.05, 0) is 54.9 Å². The van der Waals surface area contributed by atoms with E-state index >= 15 is 0 Å². The molecule has 0 aliphatic rings. The number of aromatic amines is 1. The van der Waals surface area contributed by atoms with E-state index in [1.165, 1.54) is 0 Å². The van der Waals surface area contributed by atoms with Crippen LogP contribution in [0.3, 0.4) is 0 Å². The molecule has 0 saturated heterocycles. The minimum absolute atomic E-state index is 0.199. The van der Waals surface area contributed by atoms with Gasteiger partial charge in [-0.1, -0.05) is 44.2 Å². The first kappa shape index (κ1) is 25.4. The number of nitrogens with zero attached hydrogens (tertiary/aromatic N) is 5. The average molecular weight is 491 g/mol. The molecule has 1 N–H and O–H groups in total. The Hall–Kier alpha value is -3.72. The minimum Gasteiger partial charge on any atom is -0.493 e. The predicted molar refractivity (Wildman–Crippen MR) is 139 cm³/mol. The Balaban J connectivity index is 1.94. The number of nitrogens with one attached hydrogen (secondary N) is 1. The Labute approximate surface area is 211 Å². The lowest BCUT2D eigenvalue weighted by Crippen LogP contribution is -2.38. The molecule has 2 aromatic carbocycles. The summed E-state index contributed by atoms with van der Waals surface area (Å²) in [5.74, 6) is 1.77.